The molecule has 1 aromatic heterocycles. The van der Waals surface area contributed by atoms with E-state index in [2.05, 4.69) is 51.5 Å². The summed E-state index contributed by atoms with van der Waals surface area (Å²) in [6, 6.07) is 12.9. The minimum Gasteiger partial charge on any atom is -0.367 e. The van der Waals surface area contributed by atoms with E-state index in [0.29, 0.717) is 35.2 Å². The van der Waals surface area contributed by atoms with Gasteiger partial charge in [-0.3, -0.25) is 9.59 Å². The minimum absolute atomic E-state index is 0.0311. The van der Waals surface area contributed by atoms with E-state index >= 15 is 4.39 Å². The van der Waals surface area contributed by atoms with Crippen molar-refractivity contribution in [3.05, 3.63) is 71.3 Å². The normalized spacial score (nSPS) is 21.0. The average Bonchev–Trinajstić information content (AvgIpc) is 3.85. The van der Waals surface area contributed by atoms with Gasteiger partial charge < -0.3 is 31.1 Å². The first-order valence-corrected chi connectivity index (χ1v) is 15.1. The quantitative estimate of drug-likeness (QED) is 0.364. The Balaban J connectivity index is 1.17. The zero-order valence-corrected chi connectivity index (χ0v) is 24.7. The van der Waals surface area contributed by atoms with Crippen LogP contribution in [0.5, 0.6) is 0 Å². The van der Waals surface area contributed by atoms with Gasteiger partial charge in [-0.1, -0.05) is 12.1 Å². The Morgan fingerprint density at radius 1 is 1.00 bits per heavy atom. The van der Waals surface area contributed by atoms with Crippen LogP contribution in [0.4, 0.5) is 27.4 Å². The number of piperidine rings is 1. The number of amides is 2. The number of benzene rings is 2. The first-order valence-electron chi connectivity index (χ1n) is 15.1. The zero-order chi connectivity index (χ0) is 30.1. The van der Waals surface area contributed by atoms with E-state index in [1.165, 1.54) is 30.7 Å². The number of hydrogen-bond donors (Lipinski definition) is 3. The summed E-state index contributed by atoms with van der Waals surface area (Å²) in [5.74, 6) is 0.160. The molecule has 2 saturated heterocycles. The molecule has 1 aliphatic carbocycles. The summed E-state index contributed by atoms with van der Waals surface area (Å²) in [4.78, 5) is 40.6. The number of nitrogens with two attached hydrogens (primary N) is 1. The van der Waals surface area contributed by atoms with Crippen LogP contribution < -0.4 is 26.2 Å². The second kappa shape index (κ2) is 12.2. The number of primary amides is 1. The molecule has 2 aromatic carbocycles. The number of nitrogens with one attached hydrogen (secondary N) is 2. The Labute approximate surface area is 251 Å². The third-order valence-electron chi connectivity index (χ3n) is 8.78. The summed E-state index contributed by atoms with van der Waals surface area (Å²) in [6.45, 7) is 5.88. The number of nitrogens with zero attached hydrogens (tertiary/aromatic N) is 5. The van der Waals surface area contributed by atoms with E-state index in [1.54, 1.807) is 12.1 Å². The Bertz CT molecular complexity index is 1490. The molecule has 2 aliphatic heterocycles. The van der Waals surface area contributed by atoms with Gasteiger partial charge in [0.2, 0.25) is 0 Å². The lowest BCUT2D eigenvalue weighted by atomic mass is 9.99. The van der Waals surface area contributed by atoms with Crippen LogP contribution >= 0.6 is 0 Å². The molecule has 43 heavy (non-hydrogen) atoms. The Kier molecular flexibility index (Phi) is 8.16. The summed E-state index contributed by atoms with van der Waals surface area (Å²) < 4.78 is 15.2. The average molecular weight is 587 g/mol. The molecule has 3 aromatic rings. The van der Waals surface area contributed by atoms with Crippen molar-refractivity contribution >= 4 is 34.8 Å². The number of likely N-dealkylation sites (N-methyl/N-ethyl adjacent to an activating group) is 1. The maximum absolute atomic E-state index is 15.2. The van der Waals surface area contributed by atoms with Crippen LogP contribution in [0.1, 0.15) is 64.9 Å². The van der Waals surface area contributed by atoms with Gasteiger partial charge in [-0.05, 0) is 81.5 Å². The first-order chi connectivity index (χ1) is 20.7. The van der Waals surface area contributed by atoms with Gasteiger partial charge in [-0.2, -0.15) is 0 Å². The van der Waals surface area contributed by atoms with Gasteiger partial charge in [-0.15, -0.1) is 0 Å². The molecule has 10 nitrogen and oxygen atoms in total. The van der Waals surface area contributed by atoms with E-state index < -0.39 is 5.91 Å². The summed E-state index contributed by atoms with van der Waals surface area (Å²) in [7, 11) is 2.06. The predicted octanol–water partition coefficient (Wildman–Crippen LogP) is 3.87. The van der Waals surface area contributed by atoms with Gasteiger partial charge in [0.15, 0.2) is 11.5 Å². The number of hydrogen-bond acceptors (Lipinski definition) is 8. The molecule has 3 fully saturated rings. The molecule has 0 radical (unpaired) electrons. The molecule has 6 rings (SSSR count). The van der Waals surface area contributed by atoms with Gasteiger partial charge >= 0.3 is 0 Å². The Morgan fingerprint density at radius 2 is 1.74 bits per heavy atom. The van der Waals surface area contributed by atoms with E-state index in [-0.39, 0.29) is 35.3 Å². The van der Waals surface area contributed by atoms with E-state index in [9.17, 15) is 9.59 Å². The van der Waals surface area contributed by atoms with E-state index in [4.69, 9.17) is 10.7 Å². The van der Waals surface area contributed by atoms with Crippen LogP contribution in [0.15, 0.2) is 48.7 Å². The fraction of sp³-hybridized carbons (Fsp3) is 0.438. The molecular weight excluding hydrogens is 547 g/mol. The smallest absolute Gasteiger partial charge is 0.271 e. The lowest BCUT2D eigenvalue weighted by molar-refractivity contribution is 0.0930. The van der Waals surface area contributed by atoms with Crippen LogP contribution in [0.3, 0.4) is 0 Å². The van der Waals surface area contributed by atoms with Crippen LogP contribution in [0, 0.1) is 5.82 Å². The fourth-order valence-electron chi connectivity index (χ4n) is 5.95. The van der Waals surface area contributed by atoms with E-state index in [1.807, 2.05) is 17.0 Å². The minimum atomic E-state index is -0.736. The fourth-order valence-corrected chi connectivity index (χ4v) is 5.95. The molecule has 11 heteroatoms. The molecule has 3 aliphatic rings. The SMILES string of the molecule is C[C@@H]1CC[C@H](NC(=O)c2ccc(C3CC3)cc2)CN1c1cnc(C(N)=O)c(Nc2ccc(N3CCN(C)CC3)c(F)c2)n1. The van der Waals surface area contributed by atoms with Crippen LogP contribution in [0.2, 0.25) is 0 Å². The number of anilines is 4. The molecule has 2 amide bonds. The summed E-state index contributed by atoms with van der Waals surface area (Å²) >= 11 is 0. The van der Waals surface area contributed by atoms with Gasteiger partial charge in [0.25, 0.3) is 11.8 Å². The lowest BCUT2D eigenvalue weighted by Crippen LogP contribution is -2.51. The number of aromatic nitrogens is 2. The van der Waals surface area contributed by atoms with Crippen LogP contribution in [-0.4, -0.2) is 78.5 Å². The number of carbonyl (C=O) groups is 2. The molecule has 2 atom stereocenters. The lowest BCUT2D eigenvalue weighted by Gasteiger charge is -2.39. The number of rotatable bonds is 8. The van der Waals surface area contributed by atoms with Gasteiger partial charge in [-0.25, -0.2) is 14.4 Å². The van der Waals surface area contributed by atoms with Crippen molar-refractivity contribution in [1.82, 2.24) is 20.2 Å². The standard InChI is InChI=1S/C32H39FN8O2/c1-20-3-10-25(37-32(43)23-8-6-22(7-9-23)21-4-5-21)19-41(20)28-18-35-29(30(34)42)31(38-28)36-24-11-12-27(26(33)17-24)40-15-13-39(2)14-16-40/h6-9,11-12,17-18,20-21,25H,3-5,10,13-16,19H2,1-2H3,(H2,34,42)(H,36,38)(H,37,43)/t20-,25+/m1/s1. The molecular formula is C32H39FN8O2. The van der Waals surface area contributed by atoms with Crippen LogP contribution in [-0.2, 0) is 0 Å². The monoisotopic (exact) mass is 586 g/mol. The second-order valence-electron chi connectivity index (χ2n) is 12.0. The topological polar surface area (TPSA) is 120 Å². The highest BCUT2D eigenvalue weighted by Crippen LogP contribution is 2.40. The molecule has 1 saturated carbocycles. The molecule has 0 unspecified atom stereocenters. The van der Waals surface area contributed by atoms with Gasteiger partial charge in [0, 0.05) is 56.1 Å². The molecule has 4 N–H and O–H groups in total. The summed E-state index contributed by atoms with van der Waals surface area (Å²) in [6.07, 6.45) is 5.65. The third kappa shape index (κ3) is 6.56. The summed E-state index contributed by atoms with van der Waals surface area (Å²) in [5.41, 5.74) is 8.52. The molecule has 0 spiro atoms. The highest BCUT2D eigenvalue weighted by molar-refractivity contribution is 5.96. The van der Waals surface area contributed by atoms with E-state index in [0.717, 1.165) is 39.0 Å². The van der Waals surface area contributed by atoms with Crippen molar-refractivity contribution in [2.24, 2.45) is 5.73 Å². The number of halogens is 1. The maximum Gasteiger partial charge on any atom is 0.271 e. The Hall–Kier alpha value is -4.25. The van der Waals surface area contributed by atoms with Crippen molar-refractivity contribution in [3.63, 3.8) is 0 Å². The van der Waals surface area contributed by atoms with Crippen molar-refractivity contribution in [2.75, 3.05) is 54.9 Å². The largest absolute Gasteiger partial charge is 0.367 e. The Morgan fingerprint density at radius 3 is 2.42 bits per heavy atom. The van der Waals surface area contributed by atoms with Crippen LogP contribution in [0.25, 0.3) is 0 Å². The van der Waals surface area contributed by atoms with Crippen molar-refractivity contribution in [2.45, 2.75) is 50.6 Å². The zero-order valence-electron chi connectivity index (χ0n) is 24.7. The first kappa shape index (κ1) is 28.9. The molecule has 226 valence electrons. The van der Waals surface area contributed by atoms with Crippen molar-refractivity contribution < 1.29 is 14.0 Å². The number of piperazine rings is 1. The highest BCUT2D eigenvalue weighted by atomic mass is 19.1. The van der Waals surface area contributed by atoms with Gasteiger partial charge in [0.05, 0.1) is 11.9 Å². The third-order valence-corrected chi connectivity index (χ3v) is 8.78. The van der Waals surface area contributed by atoms with Crippen molar-refractivity contribution in [1.29, 1.82) is 0 Å². The highest BCUT2D eigenvalue weighted by Gasteiger charge is 2.29. The van der Waals surface area contributed by atoms with Gasteiger partial charge in [0.1, 0.15) is 11.6 Å². The summed E-state index contributed by atoms with van der Waals surface area (Å²) in [5, 5.41) is 6.25. The van der Waals surface area contributed by atoms with Crippen molar-refractivity contribution in [3.8, 4) is 0 Å². The molecule has 0 bridgehead atoms. The maximum atomic E-state index is 15.2. The predicted molar refractivity (Wildman–Crippen MR) is 166 cm³/mol. The number of carbonyl (C=O) groups excluding carboxylic acids is 2. The molecule has 3 heterocycles. The second-order valence-corrected chi connectivity index (χ2v) is 12.0.